The first-order valence-electron chi connectivity index (χ1n) is 4.74. The first-order chi connectivity index (χ1) is 7.99. The predicted molar refractivity (Wildman–Crippen MR) is 64.1 cm³/mol. The van der Waals surface area contributed by atoms with E-state index in [0.717, 1.165) is 0 Å². The molecule has 3 amide bonds. The molecule has 1 rings (SSSR count). The lowest BCUT2D eigenvalue weighted by Gasteiger charge is -1.99. The molecule has 7 nitrogen and oxygen atoms in total. The minimum absolute atomic E-state index is 0.0648. The molecule has 1 aromatic heterocycles. The van der Waals surface area contributed by atoms with Crippen LogP contribution in [0.25, 0.3) is 5.70 Å². The fraction of sp³-hybridized carbons (Fsp3) is 0.100. The van der Waals surface area contributed by atoms with E-state index in [0.29, 0.717) is 5.70 Å². The number of allylic oxidation sites excluding steroid dienone is 3. The summed E-state index contributed by atoms with van der Waals surface area (Å²) in [6, 6.07) is -0.798. The number of nitrogens with zero attached hydrogens (tertiary/aromatic N) is 2. The number of carbonyl (C=O) groups is 2. The van der Waals surface area contributed by atoms with Gasteiger partial charge in [-0.05, 0) is 13.0 Å². The molecule has 0 atom stereocenters. The molecule has 0 aliphatic rings. The van der Waals surface area contributed by atoms with Gasteiger partial charge in [-0.1, -0.05) is 12.7 Å². The molecule has 0 saturated carbocycles. The normalized spacial score (nSPS) is 11.0. The van der Waals surface area contributed by atoms with Crippen LogP contribution in [0, 0.1) is 0 Å². The molecule has 17 heavy (non-hydrogen) atoms. The molecule has 0 saturated heterocycles. The Labute approximate surface area is 97.8 Å². The van der Waals surface area contributed by atoms with Gasteiger partial charge in [0.05, 0.1) is 17.6 Å². The Balaban J connectivity index is 3.25. The van der Waals surface area contributed by atoms with Crippen LogP contribution < -0.4 is 16.8 Å². The highest BCUT2D eigenvalue weighted by Gasteiger charge is 2.15. The predicted octanol–water partition coefficient (Wildman–Crippen LogP) is 0.519. The number of nitrogens with one attached hydrogen (secondary N) is 1. The standard InChI is InChI=1S/C10H13N5O2/c1-3-6(4-2)15-5-7(13-10(12)17)8(14-15)9(11)16/h3-5H,1H2,2H3,(H2,11,16)(H3,12,13,17)/b6-4+. The van der Waals surface area contributed by atoms with E-state index in [1.54, 1.807) is 19.1 Å². The van der Waals surface area contributed by atoms with Crippen molar-refractivity contribution in [3.8, 4) is 0 Å². The summed E-state index contributed by atoms with van der Waals surface area (Å²) in [5.41, 5.74) is 10.8. The van der Waals surface area contributed by atoms with Crippen molar-refractivity contribution in [2.24, 2.45) is 11.5 Å². The SMILES string of the molecule is C=C/C(=C\C)n1cc(NC(N)=O)c(C(N)=O)n1. The zero-order valence-electron chi connectivity index (χ0n) is 9.30. The molecule has 0 bridgehead atoms. The van der Waals surface area contributed by atoms with Crippen LogP contribution in [0.15, 0.2) is 24.9 Å². The molecule has 0 unspecified atom stereocenters. The van der Waals surface area contributed by atoms with Crippen molar-refractivity contribution >= 4 is 23.3 Å². The van der Waals surface area contributed by atoms with E-state index in [-0.39, 0.29) is 11.4 Å². The quantitative estimate of drug-likeness (QED) is 0.660. The molecule has 0 spiro atoms. The number of nitrogens with two attached hydrogens (primary N) is 2. The van der Waals surface area contributed by atoms with Crippen molar-refractivity contribution < 1.29 is 9.59 Å². The molecule has 5 N–H and O–H groups in total. The fourth-order valence-corrected chi connectivity index (χ4v) is 1.26. The van der Waals surface area contributed by atoms with Crippen LogP contribution in [0.1, 0.15) is 17.4 Å². The lowest BCUT2D eigenvalue weighted by molar-refractivity contribution is 0.0996. The number of amides is 3. The second-order valence-corrected chi connectivity index (χ2v) is 3.11. The van der Waals surface area contributed by atoms with Crippen LogP contribution in [-0.2, 0) is 0 Å². The maximum absolute atomic E-state index is 11.1. The maximum atomic E-state index is 11.1. The summed E-state index contributed by atoms with van der Waals surface area (Å²) < 4.78 is 1.37. The molecule has 1 aromatic rings. The van der Waals surface area contributed by atoms with Crippen LogP contribution in [0.3, 0.4) is 0 Å². The van der Waals surface area contributed by atoms with E-state index in [1.165, 1.54) is 10.9 Å². The summed E-state index contributed by atoms with van der Waals surface area (Å²) >= 11 is 0. The third-order valence-corrected chi connectivity index (χ3v) is 1.97. The van der Waals surface area contributed by atoms with Gasteiger partial charge in [0.15, 0.2) is 5.69 Å². The van der Waals surface area contributed by atoms with E-state index < -0.39 is 11.9 Å². The number of primary amides is 2. The molecule has 0 aliphatic heterocycles. The Morgan fingerprint density at radius 3 is 2.59 bits per heavy atom. The van der Waals surface area contributed by atoms with Gasteiger partial charge in [-0.25, -0.2) is 9.48 Å². The Morgan fingerprint density at radius 1 is 1.53 bits per heavy atom. The highest BCUT2D eigenvalue weighted by molar-refractivity contribution is 6.00. The summed E-state index contributed by atoms with van der Waals surface area (Å²) in [7, 11) is 0. The molecular formula is C10H13N5O2. The average Bonchev–Trinajstić information content (AvgIpc) is 2.63. The van der Waals surface area contributed by atoms with Crippen LogP contribution in [0.4, 0.5) is 10.5 Å². The zero-order valence-corrected chi connectivity index (χ0v) is 9.30. The van der Waals surface area contributed by atoms with Gasteiger partial charge in [-0.3, -0.25) is 4.79 Å². The number of rotatable bonds is 4. The van der Waals surface area contributed by atoms with E-state index in [9.17, 15) is 9.59 Å². The number of hydrogen-bond donors (Lipinski definition) is 3. The number of urea groups is 1. The van der Waals surface area contributed by atoms with Gasteiger partial charge in [0.2, 0.25) is 0 Å². The van der Waals surface area contributed by atoms with Gasteiger partial charge < -0.3 is 16.8 Å². The van der Waals surface area contributed by atoms with Gasteiger partial charge >= 0.3 is 6.03 Å². The molecule has 0 radical (unpaired) electrons. The van der Waals surface area contributed by atoms with Crippen molar-refractivity contribution in [3.05, 3.63) is 30.6 Å². The van der Waals surface area contributed by atoms with E-state index in [1.807, 2.05) is 0 Å². The summed E-state index contributed by atoms with van der Waals surface area (Å²) in [6.07, 6.45) is 4.71. The van der Waals surface area contributed by atoms with E-state index in [4.69, 9.17) is 11.5 Å². The molecule has 0 aromatic carbocycles. The third-order valence-electron chi connectivity index (χ3n) is 1.97. The Hall–Kier alpha value is -2.57. The summed E-state index contributed by atoms with van der Waals surface area (Å²) in [4.78, 5) is 21.9. The monoisotopic (exact) mass is 235 g/mol. The number of carbonyl (C=O) groups excluding carboxylic acids is 2. The van der Waals surface area contributed by atoms with Gasteiger partial charge in [0, 0.05) is 0 Å². The first-order valence-corrected chi connectivity index (χ1v) is 4.74. The van der Waals surface area contributed by atoms with E-state index >= 15 is 0 Å². The van der Waals surface area contributed by atoms with Gasteiger partial charge in [-0.2, -0.15) is 5.10 Å². The van der Waals surface area contributed by atoms with Gasteiger partial charge in [0.1, 0.15) is 0 Å². The third kappa shape index (κ3) is 2.71. The average molecular weight is 235 g/mol. The van der Waals surface area contributed by atoms with Crippen molar-refractivity contribution in [1.29, 1.82) is 0 Å². The zero-order chi connectivity index (χ0) is 13.0. The Bertz CT molecular complexity index is 501. The lowest BCUT2D eigenvalue weighted by atomic mass is 10.3. The van der Waals surface area contributed by atoms with Crippen LogP contribution >= 0.6 is 0 Å². The van der Waals surface area contributed by atoms with Crippen molar-refractivity contribution in [2.45, 2.75) is 6.92 Å². The highest BCUT2D eigenvalue weighted by atomic mass is 16.2. The van der Waals surface area contributed by atoms with Crippen molar-refractivity contribution in [3.63, 3.8) is 0 Å². The molecule has 7 heteroatoms. The minimum atomic E-state index is -0.798. The minimum Gasteiger partial charge on any atom is -0.364 e. The largest absolute Gasteiger partial charge is 0.364 e. The van der Waals surface area contributed by atoms with Crippen LogP contribution in [-0.4, -0.2) is 21.7 Å². The Kier molecular flexibility index (Phi) is 3.66. The summed E-state index contributed by atoms with van der Waals surface area (Å²) in [5, 5.41) is 6.21. The van der Waals surface area contributed by atoms with Gasteiger partial charge in [-0.15, -0.1) is 0 Å². The second kappa shape index (κ2) is 4.97. The maximum Gasteiger partial charge on any atom is 0.316 e. The van der Waals surface area contributed by atoms with Crippen molar-refractivity contribution in [2.75, 3.05) is 5.32 Å². The smallest absolute Gasteiger partial charge is 0.316 e. The number of anilines is 1. The molecule has 0 aliphatic carbocycles. The van der Waals surface area contributed by atoms with Gasteiger partial charge in [0.25, 0.3) is 5.91 Å². The van der Waals surface area contributed by atoms with Crippen LogP contribution in [0.2, 0.25) is 0 Å². The molecule has 1 heterocycles. The van der Waals surface area contributed by atoms with Crippen LogP contribution in [0.5, 0.6) is 0 Å². The number of aromatic nitrogens is 2. The van der Waals surface area contributed by atoms with E-state index in [2.05, 4.69) is 17.0 Å². The fourth-order valence-electron chi connectivity index (χ4n) is 1.26. The Morgan fingerprint density at radius 2 is 2.18 bits per heavy atom. The topological polar surface area (TPSA) is 116 Å². The number of hydrogen-bond acceptors (Lipinski definition) is 3. The first kappa shape index (κ1) is 12.5. The highest BCUT2D eigenvalue weighted by Crippen LogP contribution is 2.16. The second-order valence-electron chi connectivity index (χ2n) is 3.11. The van der Waals surface area contributed by atoms with Crippen molar-refractivity contribution in [1.82, 2.24) is 9.78 Å². The summed E-state index contributed by atoms with van der Waals surface area (Å²) in [5.74, 6) is -0.757. The molecular weight excluding hydrogens is 222 g/mol. The summed E-state index contributed by atoms with van der Waals surface area (Å²) in [6.45, 7) is 5.38. The molecule has 90 valence electrons. The lowest BCUT2D eigenvalue weighted by Crippen LogP contribution is -2.22. The molecule has 0 fully saturated rings.